The summed E-state index contributed by atoms with van der Waals surface area (Å²) < 4.78 is 24.7. The first-order chi connectivity index (χ1) is 11.8. The van der Waals surface area contributed by atoms with Crippen molar-refractivity contribution >= 4 is 44.0 Å². The molecule has 2 aromatic rings. The summed E-state index contributed by atoms with van der Waals surface area (Å²) in [5.41, 5.74) is 1.68. The van der Waals surface area contributed by atoms with E-state index in [1.807, 2.05) is 17.5 Å². The maximum atomic E-state index is 12.4. The van der Waals surface area contributed by atoms with Crippen LogP contribution in [-0.2, 0) is 14.8 Å². The van der Waals surface area contributed by atoms with Crippen LogP contribution < -0.4 is 5.32 Å². The molecule has 3 rings (SSSR count). The van der Waals surface area contributed by atoms with E-state index in [0.29, 0.717) is 29.5 Å². The molecule has 2 heterocycles. The highest BCUT2D eigenvalue weighted by atomic mass is 35.5. The molecule has 1 aromatic heterocycles. The number of benzene rings is 1. The minimum absolute atomic E-state index is 0.189. The van der Waals surface area contributed by atoms with Crippen molar-refractivity contribution in [2.24, 2.45) is 5.92 Å². The van der Waals surface area contributed by atoms with Crippen LogP contribution in [0.1, 0.15) is 12.8 Å². The average Bonchev–Trinajstić information content (AvgIpc) is 3.03. The van der Waals surface area contributed by atoms with Gasteiger partial charge in [-0.05, 0) is 25.0 Å². The number of amides is 1. The van der Waals surface area contributed by atoms with E-state index in [9.17, 15) is 13.2 Å². The molecule has 0 saturated carbocycles. The van der Waals surface area contributed by atoms with Crippen LogP contribution in [0.2, 0.25) is 5.02 Å². The van der Waals surface area contributed by atoms with Gasteiger partial charge in [-0.3, -0.25) is 4.79 Å². The first-order valence-electron chi connectivity index (χ1n) is 7.80. The molecule has 1 fully saturated rings. The molecule has 1 saturated heterocycles. The minimum Gasteiger partial charge on any atom is -0.302 e. The second-order valence-corrected chi connectivity index (χ2v) is 9.27. The lowest BCUT2D eigenvalue weighted by atomic mass is 9.99. The van der Waals surface area contributed by atoms with Crippen molar-refractivity contribution in [1.29, 1.82) is 0 Å². The number of aromatic nitrogens is 1. The molecule has 1 aliphatic rings. The number of hydrogen-bond acceptors (Lipinski definition) is 5. The highest BCUT2D eigenvalue weighted by molar-refractivity contribution is 7.88. The quantitative estimate of drug-likeness (QED) is 0.856. The summed E-state index contributed by atoms with van der Waals surface area (Å²) in [6.07, 6.45) is 2.53. The number of anilines is 1. The zero-order valence-electron chi connectivity index (χ0n) is 13.6. The molecule has 9 heteroatoms. The van der Waals surface area contributed by atoms with Crippen LogP contribution in [0.4, 0.5) is 5.13 Å². The Morgan fingerprint density at radius 1 is 1.36 bits per heavy atom. The first kappa shape index (κ1) is 18.3. The van der Waals surface area contributed by atoms with Crippen molar-refractivity contribution in [3.63, 3.8) is 0 Å². The third kappa shape index (κ3) is 4.58. The van der Waals surface area contributed by atoms with Gasteiger partial charge in [-0.25, -0.2) is 17.7 Å². The molecule has 1 atom stereocenters. The molecule has 0 radical (unpaired) electrons. The molecular formula is C16H18ClN3O3S2. The van der Waals surface area contributed by atoms with Gasteiger partial charge >= 0.3 is 0 Å². The second kappa shape index (κ2) is 7.41. The van der Waals surface area contributed by atoms with E-state index in [2.05, 4.69) is 10.3 Å². The maximum Gasteiger partial charge on any atom is 0.230 e. The molecule has 0 spiro atoms. The molecule has 1 N–H and O–H groups in total. The van der Waals surface area contributed by atoms with Crippen molar-refractivity contribution in [1.82, 2.24) is 9.29 Å². The van der Waals surface area contributed by atoms with Crippen LogP contribution in [0.15, 0.2) is 29.6 Å². The average molecular weight is 400 g/mol. The van der Waals surface area contributed by atoms with Gasteiger partial charge in [-0.15, -0.1) is 11.3 Å². The summed E-state index contributed by atoms with van der Waals surface area (Å²) >= 11 is 7.22. The van der Waals surface area contributed by atoms with Gasteiger partial charge < -0.3 is 5.32 Å². The van der Waals surface area contributed by atoms with Gasteiger partial charge in [0, 0.05) is 29.1 Å². The Balaban J connectivity index is 1.66. The van der Waals surface area contributed by atoms with Crippen LogP contribution in [0.3, 0.4) is 0 Å². The lowest BCUT2D eigenvalue weighted by molar-refractivity contribution is -0.120. The normalized spacial score (nSPS) is 18.9. The zero-order chi connectivity index (χ0) is 18.0. The number of nitrogens with zero attached hydrogens (tertiary/aromatic N) is 2. The van der Waals surface area contributed by atoms with E-state index < -0.39 is 10.0 Å². The first-order valence-corrected chi connectivity index (χ1v) is 10.9. The van der Waals surface area contributed by atoms with Crippen LogP contribution in [-0.4, -0.2) is 43.0 Å². The maximum absolute atomic E-state index is 12.4. The van der Waals surface area contributed by atoms with E-state index in [1.165, 1.54) is 21.9 Å². The largest absolute Gasteiger partial charge is 0.302 e. The van der Waals surface area contributed by atoms with Crippen molar-refractivity contribution < 1.29 is 13.2 Å². The predicted molar refractivity (Wildman–Crippen MR) is 100 cm³/mol. The number of carbonyl (C=O) groups excluding carboxylic acids is 1. The van der Waals surface area contributed by atoms with E-state index in [4.69, 9.17) is 11.6 Å². The highest BCUT2D eigenvalue weighted by Crippen LogP contribution is 2.27. The summed E-state index contributed by atoms with van der Waals surface area (Å²) in [5.74, 6) is -0.545. The Bertz CT molecular complexity index is 865. The summed E-state index contributed by atoms with van der Waals surface area (Å²) in [6.45, 7) is 0.695. The van der Waals surface area contributed by atoms with Gasteiger partial charge in [0.25, 0.3) is 0 Å². The molecule has 1 amide bonds. The summed E-state index contributed by atoms with van der Waals surface area (Å²) in [7, 11) is -3.27. The van der Waals surface area contributed by atoms with Gasteiger partial charge in [0.2, 0.25) is 15.9 Å². The lowest BCUT2D eigenvalue weighted by Crippen LogP contribution is -2.43. The Labute approximate surface area is 155 Å². The standard InChI is InChI=1S/C16H18ClN3O3S2/c1-25(22,23)20-8-2-3-12(9-20)15(21)19-16-18-14(10-24-16)11-4-6-13(17)7-5-11/h4-7,10,12H,2-3,8-9H2,1H3,(H,18,19,21). The Kier molecular flexibility index (Phi) is 5.43. The fourth-order valence-electron chi connectivity index (χ4n) is 2.75. The lowest BCUT2D eigenvalue weighted by Gasteiger charge is -2.29. The molecule has 25 heavy (non-hydrogen) atoms. The van der Waals surface area contributed by atoms with E-state index in [-0.39, 0.29) is 18.4 Å². The van der Waals surface area contributed by atoms with E-state index >= 15 is 0 Å². The highest BCUT2D eigenvalue weighted by Gasteiger charge is 2.30. The molecule has 0 aliphatic carbocycles. The third-order valence-electron chi connectivity index (χ3n) is 4.10. The number of rotatable bonds is 4. The van der Waals surface area contributed by atoms with Gasteiger partial charge in [-0.2, -0.15) is 0 Å². The summed E-state index contributed by atoms with van der Waals surface area (Å²) in [5, 5.41) is 5.83. The minimum atomic E-state index is -3.27. The number of thiazole rings is 1. The van der Waals surface area contributed by atoms with Crippen molar-refractivity contribution in [3.8, 4) is 11.3 Å². The molecule has 134 valence electrons. The van der Waals surface area contributed by atoms with Crippen molar-refractivity contribution in [2.45, 2.75) is 12.8 Å². The fraction of sp³-hybridized carbons (Fsp3) is 0.375. The van der Waals surface area contributed by atoms with Gasteiger partial charge in [0.05, 0.1) is 17.9 Å². The van der Waals surface area contributed by atoms with Gasteiger partial charge in [0.15, 0.2) is 5.13 Å². The fourth-order valence-corrected chi connectivity index (χ4v) is 4.51. The summed E-state index contributed by atoms with van der Waals surface area (Å²) in [4.78, 5) is 16.9. The van der Waals surface area contributed by atoms with Crippen molar-refractivity contribution in [2.75, 3.05) is 24.7 Å². The SMILES string of the molecule is CS(=O)(=O)N1CCCC(C(=O)Nc2nc(-c3ccc(Cl)cc3)cs2)C1. The molecule has 6 nitrogen and oxygen atoms in total. The molecule has 1 unspecified atom stereocenters. The number of nitrogens with one attached hydrogen (secondary N) is 1. The Morgan fingerprint density at radius 2 is 2.08 bits per heavy atom. The van der Waals surface area contributed by atoms with E-state index in [0.717, 1.165) is 11.3 Å². The van der Waals surface area contributed by atoms with Crippen LogP contribution in [0, 0.1) is 5.92 Å². The topological polar surface area (TPSA) is 79.4 Å². The monoisotopic (exact) mass is 399 g/mol. The smallest absolute Gasteiger partial charge is 0.230 e. The van der Waals surface area contributed by atoms with E-state index in [1.54, 1.807) is 12.1 Å². The molecule has 1 aromatic carbocycles. The number of carbonyl (C=O) groups is 1. The Hall–Kier alpha value is -1.48. The molecule has 1 aliphatic heterocycles. The Morgan fingerprint density at radius 3 is 2.76 bits per heavy atom. The predicted octanol–water partition coefficient (Wildman–Crippen LogP) is 3.07. The third-order valence-corrected chi connectivity index (χ3v) is 6.38. The zero-order valence-corrected chi connectivity index (χ0v) is 16.0. The molecular weight excluding hydrogens is 382 g/mol. The number of piperidine rings is 1. The van der Waals surface area contributed by atoms with Crippen LogP contribution >= 0.6 is 22.9 Å². The van der Waals surface area contributed by atoms with Gasteiger partial charge in [-0.1, -0.05) is 23.7 Å². The number of halogens is 1. The molecule has 0 bridgehead atoms. The van der Waals surface area contributed by atoms with Crippen LogP contribution in [0.5, 0.6) is 0 Å². The number of sulfonamides is 1. The van der Waals surface area contributed by atoms with Gasteiger partial charge in [0.1, 0.15) is 0 Å². The van der Waals surface area contributed by atoms with Crippen LogP contribution in [0.25, 0.3) is 11.3 Å². The number of hydrogen-bond donors (Lipinski definition) is 1. The van der Waals surface area contributed by atoms with Crippen molar-refractivity contribution in [3.05, 3.63) is 34.7 Å². The second-order valence-electron chi connectivity index (χ2n) is 5.99. The summed E-state index contributed by atoms with van der Waals surface area (Å²) in [6, 6.07) is 7.31.